The van der Waals surface area contributed by atoms with E-state index in [1.807, 2.05) is 0 Å². The standard InChI is InChI=1S/C27H35F3O7/c1-14-9-16-17-11-19(29)18-10-15(31)7-8-24(18,5)26(17,30)20(32)12-25(16,6)27(14,21(33)35-13-28)37-22(34)36-23(2,3)4/h7-8,10,14,16-17,19-20,32H,9,11-13H2,1-6H3/t14-,16+,17+,19+,20+,24+,25+,26+,27+/m1/s1. The first-order chi connectivity index (χ1) is 17.0. The monoisotopic (exact) mass is 528 g/mol. The van der Waals surface area contributed by atoms with Crippen molar-refractivity contribution in [1.29, 1.82) is 0 Å². The topological polar surface area (TPSA) is 99.1 Å². The van der Waals surface area contributed by atoms with Gasteiger partial charge in [-0.2, -0.15) is 0 Å². The third-order valence-electron chi connectivity index (χ3n) is 9.29. The number of allylic oxidation sites excluding steroid dienone is 4. The first-order valence-corrected chi connectivity index (χ1v) is 12.6. The lowest BCUT2D eigenvalue weighted by Crippen LogP contribution is -2.71. The van der Waals surface area contributed by atoms with E-state index in [1.165, 1.54) is 19.1 Å². The van der Waals surface area contributed by atoms with Gasteiger partial charge in [-0.25, -0.2) is 22.8 Å². The fraction of sp³-hybridized carbons (Fsp3) is 0.741. The smallest absolute Gasteiger partial charge is 0.431 e. The zero-order valence-electron chi connectivity index (χ0n) is 22.0. The molecule has 4 rings (SSSR count). The normalized spacial score (nSPS) is 44.8. The van der Waals surface area contributed by atoms with Gasteiger partial charge in [-0.3, -0.25) is 4.79 Å². The maximum Gasteiger partial charge on any atom is 0.509 e. The highest BCUT2D eigenvalue weighted by atomic mass is 19.1. The molecule has 0 aromatic rings. The van der Waals surface area contributed by atoms with E-state index in [0.717, 1.165) is 6.08 Å². The lowest BCUT2D eigenvalue weighted by Gasteiger charge is -2.62. The number of carbonyl (C=O) groups excluding carboxylic acids is 3. The molecule has 4 aliphatic carbocycles. The molecule has 0 saturated heterocycles. The summed E-state index contributed by atoms with van der Waals surface area (Å²) >= 11 is 0. The van der Waals surface area contributed by atoms with E-state index in [2.05, 4.69) is 0 Å². The fourth-order valence-corrected chi connectivity index (χ4v) is 7.78. The van der Waals surface area contributed by atoms with Crippen molar-refractivity contribution >= 4 is 17.9 Å². The number of aliphatic hydroxyl groups is 1. The van der Waals surface area contributed by atoms with Gasteiger partial charge in [0.15, 0.2) is 11.5 Å². The van der Waals surface area contributed by atoms with Crippen LogP contribution < -0.4 is 0 Å². The van der Waals surface area contributed by atoms with Crippen molar-refractivity contribution in [2.75, 3.05) is 6.86 Å². The van der Waals surface area contributed by atoms with Crippen molar-refractivity contribution in [2.45, 2.75) is 90.0 Å². The summed E-state index contributed by atoms with van der Waals surface area (Å²) in [5.74, 6) is -4.29. The van der Waals surface area contributed by atoms with Crippen LogP contribution in [0, 0.1) is 28.6 Å². The van der Waals surface area contributed by atoms with E-state index in [4.69, 9.17) is 14.2 Å². The third-order valence-corrected chi connectivity index (χ3v) is 9.29. The molecule has 3 fully saturated rings. The Balaban J connectivity index is 1.84. The van der Waals surface area contributed by atoms with E-state index >= 15 is 8.78 Å². The van der Waals surface area contributed by atoms with Crippen LogP contribution in [0.5, 0.6) is 0 Å². The summed E-state index contributed by atoms with van der Waals surface area (Å²) in [7, 11) is 0. The summed E-state index contributed by atoms with van der Waals surface area (Å²) in [5, 5.41) is 11.4. The molecule has 0 heterocycles. The van der Waals surface area contributed by atoms with Gasteiger partial charge in [-0.15, -0.1) is 0 Å². The van der Waals surface area contributed by atoms with Gasteiger partial charge >= 0.3 is 12.1 Å². The van der Waals surface area contributed by atoms with E-state index in [9.17, 15) is 23.9 Å². The van der Waals surface area contributed by atoms with E-state index in [0.29, 0.717) is 0 Å². The molecule has 10 heteroatoms. The molecular weight excluding hydrogens is 493 g/mol. The Labute approximate surface area is 214 Å². The number of aliphatic hydroxyl groups excluding tert-OH is 1. The fourth-order valence-electron chi connectivity index (χ4n) is 7.78. The van der Waals surface area contributed by atoms with Crippen LogP contribution in [-0.2, 0) is 23.8 Å². The molecule has 0 aromatic heterocycles. The number of rotatable bonds is 3. The van der Waals surface area contributed by atoms with Crippen LogP contribution in [0.1, 0.15) is 60.8 Å². The molecule has 3 saturated carbocycles. The van der Waals surface area contributed by atoms with Crippen molar-refractivity contribution in [3.8, 4) is 0 Å². The number of halogens is 3. The average molecular weight is 529 g/mol. The Morgan fingerprint density at radius 1 is 1.19 bits per heavy atom. The molecule has 0 spiro atoms. The molecule has 0 radical (unpaired) electrons. The van der Waals surface area contributed by atoms with Crippen LogP contribution in [0.25, 0.3) is 0 Å². The lowest BCUT2D eigenvalue weighted by molar-refractivity contribution is -0.236. The predicted octanol–water partition coefficient (Wildman–Crippen LogP) is 4.71. The zero-order valence-corrected chi connectivity index (χ0v) is 22.0. The number of ketones is 1. The number of alkyl halides is 3. The Hall–Kier alpha value is -2.36. The van der Waals surface area contributed by atoms with Crippen molar-refractivity contribution in [1.82, 2.24) is 0 Å². The molecule has 1 N–H and O–H groups in total. The second kappa shape index (κ2) is 8.58. The quantitative estimate of drug-likeness (QED) is 0.530. The first kappa shape index (κ1) is 27.7. The summed E-state index contributed by atoms with van der Waals surface area (Å²) in [6.45, 7) is 7.94. The van der Waals surface area contributed by atoms with Crippen LogP contribution in [-0.4, -0.2) is 59.0 Å². The summed E-state index contributed by atoms with van der Waals surface area (Å²) in [5.41, 5.74) is -8.55. The van der Waals surface area contributed by atoms with Gasteiger partial charge in [0.05, 0.1) is 6.10 Å². The number of hydrogen-bond acceptors (Lipinski definition) is 7. The van der Waals surface area contributed by atoms with Gasteiger partial charge in [-0.1, -0.05) is 19.9 Å². The highest BCUT2D eigenvalue weighted by Gasteiger charge is 2.79. The first-order valence-electron chi connectivity index (χ1n) is 12.6. The van der Waals surface area contributed by atoms with Crippen LogP contribution in [0.15, 0.2) is 23.8 Å². The summed E-state index contributed by atoms with van der Waals surface area (Å²) < 4.78 is 61.9. The molecule has 37 heavy (non-hydrogen) atoms. The Bertz CT molecular complexity index is 1070. The molecule has 7 nitrogen and oxygen atoms in total. The number of hydrogen-bond donors (Lipinski definition) is 1. The van der Waals surface area contributed by atoms with Crippen molar-refractivity contribution < 1.29 is 46.9 Å². The predicted molar refractivity (Wildman–Crippen MR) is 125 cm³/mol. The van der Waals surface area contributed by atoms with Crippen molar-refractivity contribution in [2.24, 2.45) is 28.6 Å². The molecule has 0 bridgehead atoms. The molecule has 9 atom stereocenters. The third kappa shape index (κ3) is 3.68. The molecule has 0 unspecified atom stereocenters. The van der Waals surface area contributed by atoms with Gasteiger partial charge in [0.1, 0.15) is 11.8 Å². The Morgan fingerprint density at radius 3 is 2.43 bits per heavy atom. The summed E-state index contributed by atoms with van der Waals surface area (Å²) in [6.07, 6.45) is -1.60. The van der Waals surface area contributed by atoms with E-state index in [-0.39, 0.29) is 24.8 Å². The van der Waals surface area contributed by atoms with Crippen LogP contribution >= 0.6 is 0 Å². The largest absolute Gasteiger partial charge is 0.509 e. The number of carbonyl (C=O) groups is 3. The second-order valence-electron chi connectivity index (χ2n) is 12.3. The average Bonchev–Trinajstić information content (AvgIpc) is 2.98. The van der Waals surface area contributed by atoms with Crippen molar-refractivity contribution in [3.05, 3.63) is 23.8 Å². The van der Waals surface area contributed by atoms with Gasteiger partial charge in [0.25, 0.3) is 0 Å². The van der Waals surface area contributed by atoms with E-state index in [1.54, 1.807) is 34.6 Å². The minimum absolute atomic E-state index is 0.0273. The van der Waals surface area contributed by atoms with Gasteiger partial charge in [0, 0.05) is 22.7 Å². The number of ether oxygens (including phenoxy) is 3. The minimum atomic E-state index is -2.38. The van der Waals surface area contributed by atoms with Gasteiger partial charge in [-0.05, 0) is 70.6 Å². The van der Waals surface area contributed by atoms with Gasteiger partial charge < -0.3 is 19.3 Å². The Kier molecular flexibility index (Phi) is 6.41. The SMILES string of the molecule is C[C@@H]1C[C@H]2[C@@H]3C[C@H](F)C4=CC(=O)C=C[C@]4(C)[C@@]3(F)[C@@H](O)C[C@]2(C)[C@@]1(OC(=O)OC(C)(C)C)C(=O)OCF. The molecule has 0 aliphatic heterocycles. The van der Waals surface area contributed by atoms with Gasteiger partial charge in [0.2, 0.25) is 12.5 Å². The lowest BCUT2D eigenvalue weighted by atomic mass is 9.44. The summed E-state index contributed by atoms with van der Waals surface area (Å²) in [4.78, 5) is 38.2. The summed E-state index contributed by atoms with van der Waals surface area (Å²) in [6, 6.07) is 0. The van der Waals surface area contributed by atoms with E-state index < -0.39 is 82.5 Å². The van der Waals surface area contributed by atoms with Crippen LogP contribution in [0.3, 0.4) is 0 Å². The second-order valence-corrected chi connectivity index (χ2v) is 12.3. The highest BCUT2D eigenvalue weighted by Crippen LogP contribution is 2.71. The van der Waals surface area contributed by atoms with Crippen LogP contribution in [0.2, 0.25) is 0 Å². The highest BCUT2D eigenvalue weighted by molar-refractivity contribution is 6.01. The maximum absolute atomic E-state index is 17.3. The molecule has 0 amide bonds. The molecular formula is C27H35F3O7. The zero-order chi connectivity index (χ0) is 27.8. The van der Waals surface area contributed by atoms with Crippen LogP contribution in [0.4, 0.5) is 18.0 Å². The minimum Gasteiger partial charge on any atom is -0.431 e. The number of fused-ring (bicyclic) bond motifs is 5. The molecule has 4 aliphatic rings. The number of esters is 1. The van der Waals surface area contributed by atoms with Crippen molar-refractivity contribution in [3.63, 3.8) is 0 Å². The molecule has 206 valence electrons. The Morgan fingerprint density at radius 2 is 1.84 bits per heavy atom. The maximum atomic E-state index is 17.3. The molecule has 0 aromatic carbocycles.